The molecule has 0 radical (unpaired) electrons. The zero-order valence-electron chi connectivity index (χ0n) is 24.8. The van der Waals surface area contributed by atoms with Crippen molar-refractivity contribution in [1.29, 1.82) is 0 Å². The summed E-state index contributed by atoms with van der Waals surface area (Å²) in [4.78, 5) is 46.4. The molecule has 16 heteroatoms. The van der Waals surface area contributed by atoms with Gasteiger partial charge in [-0.25, -0.2) is 14.4 Å². The van der Waals surface area contributed by atoms with E-state index in [1.54, 1.807) is 13.0 Å². The fraction of sp³-hybridized carbons (Fsp3) is 0.233. The maximum Gasteiger partial charge on any atom is 0.310 e. The highest BCUT2D eigenvalue weighted by molar-refractivity contribution is 8.45. The smallest absolute Gasteiger partial charge is 0.310 e. The number of aromatic amines is 1. The third-order valence-corrected chi connectivity index (χ3v) is 8.21. The lowest BCUT2D eigenvalue weighted by molar-refractivity contribution is -0.143. The second kappa shape index (κ2) is 12.2. The van der Waals surface area contributed by atoms with Crippen molar-refractivity contribution >= 4 is 50.8 Å². The molecule has 1 aliphatic rings. The fourth-order valence-corrected chi connectivity index (χ4v) is 5.43. The molecule has 2 aromatic heterocycles. The fourth-order valence-electron chi connectivity index (χ4n) is 4.78. The number of nitrogens with zero attached hydrogens (tertiary/aromatic N) is 3. The Balaban J connectivity index is 0.00000235. The molecule has 0 atom stereocenters. The van der Waals surface area contributed by atoms with Crippen LogP contribution in [0.4, 0.5) is 29.5 Å². The number of fused-ring (bicyclic) bond motifs is 1. The Bertz CT molecular complexity index is 1840. The quantitative estimate of drug-likeness (QED) is 0.146. The topological polar surface area (TPSA) is 117 Å². The van der Waals surface area contributed by atoms with E-state index >= 15 is 0 Å². The van der Waals surface area contributed by atoms with E-state index in [-0.39, 0.29) is 42.4 Å². The average molecular weight is 670 g/mol. The van der Waals surface area contributed by atoms with Gasteiger partial charge in [0.1, 0.15) is 22.7 Å². The predicted molar refractivity (Wildman–Crippen MR) is 162 cm³/mol. The number of carbonyl (C=O) groups excluding carboxylic acids is 3. The molecule has 0 unspecified atom stereocenters. The third-order valence-electron chi connectivity index (χ3n) is 7.05. The van der Waals surface area contributed by atoms with Crippen molar-refractivity contribution in [2.24, 2.45) is 0 Å². The molecule has 46 heavy (non-hydrogen) atoms. The van der Waals surface area contributed by atoms with Crippen LogP contribution < -0.4 is 5.32 Å². The number of benzene rings is 2. The van der Waals surface area contributed by atoms with Crippen molar-refractivity contribution in [3.8, 4) is 11.3 Å². The highest BCUT2D eigenvalue weighted by atomic mass is 32.5. The van der Waals surface area contributed by atoms with Crippen LogP contribution in [0.5, 0.6) is 0 Å². The minimum absolute atomic E-state index is 0.0115. The molecule has 9 nitrogen and oxygen atoms in total. The SMILES string of the molecule is CC.Cc1c(NC(=O)c2ccc(S(F)(F)(F)(F)F)cc2)cc(F)cc1-c1ncnc2[nH]c(C3=CCN(C(=O)COC=O)CC3)cc12. The first-order valence-corrected chi connectivity index (χ1v) is 15.8. The lowest BCUT2D eigenvalue weighted by Crippen LogP contribution is -2.37. The molecule has 2 N–H and O–H groups in total. The maximum absolute atomic E-state index is 14.8. The molecule has 4 aromatic rings. The second-order valence-electron chi connectivity index (χ2n) is 9.97. The lowest BCUT2D eigenvalue weighted by Gasteiger charge is -2.40. The van der Waals surface area contributed by atoms with Crippen LogP contribution in [0.2, 0.25) is 0 Å². The Morgan fingerprint density at radius 3 is 2.37 bits per heavy atom. The molecule has 1 aliphatic heterocycles. The number of hydrogen-bond acceptors (Lipinski definition) is 6. The van der Waals surface area contributed by atoms with Gasteiger partial charge in [-0.3, -0.25) is 14.4 Å². The Morgan fingerprint density at radius 1 is 1.07 bits per heavy atom. The first-order valence-electron chi connectivity index (χ1n) is 13.9. The van der Waals surface area contributed by atoms with Crippen LogP contribution in [-0.4, -0.2) is 57.8 Å². The summed E-state index contributed by atoms with van der Waals surface area (Å²) >= 11 is 0. The third kappa shape index (κ3) is 7.50. The minimum atomic E-state index is -9.92. The van der Waals surface area contributed by atoms with Crippen molar-refractivity contribution in [2.45, 2.75) is 32.1 Å². The first-order chi connectivity index (χ1) is 21.5. The average Bonchev–Trinajstić information content (AvgIpc) is 3.46. The number of rotatable bonds is 8. The molecule has 3 heterocycles. The van der Waals surface area contributed by atoms with E-state index in [0.29, 0.717) is 65.2 Å². The zero-order valence-corrected chi connectivity index (χ0v) is 25.6. The molecule has 2 aromatic carbocycles. The van der Waals surface area contributed by atoms with Crippen LogP contribution in [0.15, 0.2) is 59.8 Å². The van der Waals surface area contributed by atoms with Crippen molar-refractivity contribution in [2.75, 3.05) is 25.0 Å². The number of ether oxygens (including phenoxy) is 1. The molecule has 246 valence electrons. The van der Waals surface area contributed by atoms with Crippen molar-refractivity contribution in [1.82, 2.24) is 19.9 Å². The van der Waals surface area contributed by atoms with Crippen LogP contribution in [0, 0.1) is 12.7 Å². The number of nitrogens with one attached hydrogen (secondary N) is 2. The Kier molecular flexibility index (Phi) is 8.99. The van der Waals surface area contributed by atoms with E-state index in [4.69, 9.17) is 0 Å². The first kappa shape index (κ1) is 34.0. The molecule has 0 bridgehead atoms. The summed E-state index contributed by atoms with van der Waals surface area (Å²) in [6.45, 7) is 6.11. The van der Waals surface area contributed by atoms with Crippen LogP contribution >= 0.6 is 10.2 Å². The second-order valence-corrected chi connectivity index (χ2v) is 12.4. The summed E-state index contributed by atoms with van der Waals surface area (Å²) in [5.74, 6) is -2.02. The normalized spacial score (nSPS) is 14.7. The molecule has 2 amide bonds. The number of amides is 2. The largest absolute Gasteiger partial charge is 0.458 e. The Labute approximate surface area is 259 Å². The molecular weight excluding hydrogens is 640 g/mol. The highest BCUT2D eigenvalue weighted by Crippen LogP contribution is 3.02. The van der Waals surface area contributed by atoms with Gasteiger partial charge in [0.05, 0.1) is 5.69 Å². The molecule has 0 saturated heterocycles. The van der Waals surface area contributed by atoms with Gasteiger partial charge in [-0.1, -0.05) is 39.4 Å². The summed E-state index contributed by atoms with van der Waals surface area (Å²) < 4.78 is 84.6. The minimum Gasteiger partial charge on any atom is -0.458 e. The maximum atomic E-state index is 14.8. The number of H-pyrrole nitrogens is 1. The van der Waals surface area contributed by atoms with Gasteiger partial charge in [0.25, 0.3) is 18.3 Å². The highest BCUT2D eigenvalue weighted by Gasteiger charge is 2.65. The molecular formula is C30H29F6N5O4S. The van der Waals surface area contributed by atoms with Crippen molar-refractivity contribution < 1.29 is 42.9 Å². The zero-order chi connectivity index (χ0) is 33.9. The molecule has 5 rings (SSSR count). The molecule has 0 aliphatic carbocycles. The lowest BCUT2D eigenvalue weighted by atomic mass is 10.00. The number of halogens is 6. The van der Waals surface area contributed by atoms with Crippen LogP contribution in [-0.2, 0) is 14.3 Å². The summed E-state index contributed by atoms with van der Waals surface area (Å²) in [5, 5.41) is 2.95. The summed E-state index contributed by atoms with van der Waals surface area (Å²) in [7, 11) is -9.92. The standard InChI is InChI=1S/C28H23F6N5O4S.C2H6/c1-16-21(10-19(29)11-23(16)38-28(42)18-2-4-20(5-3-18)44(30,31,32,33)34)26-22-12-24(37-27(22)36-14-35-26)17-6-8-39(9-7-17)25(41)13-43-15-40;1-2/h2-6,10-12,14-15H,7-9,13H2,1H3,(H,38,42)(H,35,36,37);1-2H3. The van der Waals surface area contributed by atoms with Gasteiger partial charge in [-0.15, -0.1) is 0 Å². The molecule has 0 fully saturated rings. The van der Waals surface area contributed by atoms with E-state index in [2.05, 4.69) is 25.0 Å². The van der Waals surface area contributed by atoms with E-state index in [9.17, 15) is 38.2 Å². The van der Waals surface area contributed by atoms with Gasteiger partial charge in [0.2, 0.25) is 0 Å². The van der Waals surface area contributed by atoms with E-state index in [0.717, 1.165) is 11.6 Å². The summed E-state index contributed by atoms with van der Waals surface area (Å²) in [6.07, 6.45) is 3.59. The monoisotopic (exact) mass is 669 g/mol. The predicted octanol–water partition coefficient (Wildman–Crippen LogP) is 7.80. The van der Waals surface area contributed by atoms with Crippen molar-refractivity contribution in [3.05, 3.63) is 77.5 Å². The van der Waals surface area contributed by atoms with E-state index in [1.165, 1.54) is 17.3 Å². The Hall–Kier alpha value is -4.86. The van der Waals surface area contributed by atoms with Gasteiger partial charge >= 0.3 is 10.2 Å². The number of carbonyl (C=O) groups is 3. The Morgan fingerprint density at radius 2 is 1.76 bits per heavy atom. The van der Waals surface area contributed by atoms with Gasteiger partial charge in [-0.2, -0.15) is 0 Å². The summed E-state index contributed by atoms with van der Waals surface area (Å²) in [6, 6.07) is 5.46. The van der Waals surface area contributed by atoms with Crippen LogP contribution in [0.3, 0.4) is 0 Å². The summed E-state index contributed by atoms with van der Waals surface area (Å²) in [5.41, 5.74) is 2.63. The number of anilines is 1. The van der Waals surface area contributed by atoms with Crippen molar-refractivity contribution in [3.63, 3.8) is 0 Å². The number of hydrogen-bond donors (Lipinski definition) is 2. The van der Waals surface area contributed by atoms with E-state index < -0.39 is 26.8 Å². The number of aromatic nitrogens is 3. The van der Waals surface area contributed by atoms with Crippen LogP contribution in [0.1, 0.15) is 41.9 Å². The van der Waals surface area contributed by atoms with Gasteiger partial charge < -0.3 is 19.9 Å². The van der Waals surface area contributed by atoms with Crippen LogP contribution in [0.25, 0.3) is 27.9 Å². The van der Waals surface area contributed by atoms with E-state index in [1.807, 2.05) is 19.9 Å². The van der Waals surface area contributed by atoms with Gasteiger partial charge in [-0.05, 0) is 66.9 Å². The molecule has 0 spiro atoms. The van der Waals surface area contributed by atoms with Gasteiger partial charge in [0, 0.05) is 41.0 Å². The van der Waals surface area contributed by atoms with Gasteiger partial charge in [0.15, 0.2) is 6.61 Å². The molecule has 0 saturated carbocycles.